The molecule has 2 heterocycles. The minimum atomic E-state index is -1.42. The molecule has 1 aliphatic heterocycles. The predicted molar refractivity (Wildman–Crippen MR) is 87.0 cm³/mol. The molecule has 0 fully saturated rings. The molecule has 0 radical (unpaired) electrons. The maximum absolute atomic E-state index is 12.2. The highest BCUT2D eigenvalue weighted by Gasteiger charge is 2.40. The molecule has 1 amide bonds. The first kappa shape index (κ1) is 17.6. The van der Waals surface area contributed by atoms with Gasteiger partial charge >= 0.3 is 5.97 Å². The van der Waals surface area contributed by atoms with Crippen molar-refractivity contribution in [2.45, 2.75) is 50.2 Å². The topological polar surface area (TPSA) is 104 Å². The second kappa shape index (κ2) is 7.21. The molecule has 1 aromatic heterocycles. The summed E-state index contributed by atoms with van der Waals surface area (Å²) in [5, 5.41) is 20.0. The van der Waals surface area contributed by atoms with Crippen molar-refractivity contribution in [1.82, 2.24) is 10.3 Å². The Bertz CT molecular complexity index is 675. The van der Waals surface area contributed by atoms with Crippen molar-refractivity contribution >= 4 is 11.9 Å². The molecular weight excluding hydrogens is 308 g/mol. The number of pyridine rings is 1. The zero-order valence-corrected chi connectivity index (χ0v) is 13.5. The van der Waals surface area contributed by atoms with Crippen molar-refractivity contribution in [1.29, 1.82) is 0 Å². The normalized spacial score (nSPS) is 16.7. The minimum Gasteiger partial charge on any atom is -0.480 e. The number of aromatic nitrogens is 1. The van der Waals surface area contributed by atoms with E-state index in [9.17, 15) is 14.7 Å². The standard InChI is InChI=1S/C17H20N4O3/c1-3-4-9-17(20-21-17)10-8-14(22)19-16(2,15(23)24)12-13-7-5-6-11-18-13/h1,5-7,11H,4,8-10,12H2,2H3,(H,19,22)(H,23,24). The number of terminal acetylenes is 1. The SMILES string of the molecule is C#CCCC1(CCC(=O)NC(C)(Cc2ccccn2)C(=O)O)N=N1. The Hall–Kier alpha value is -2.75. The number of hydrogen-bond acceptors (Lipinski definition) is 5. The molecule has 2 N–H and O–H groups in total. The number of carboxylic acids is 1. The van der Waals surface area contributed by atoms with E-state index in [1.54, 1.807) is 24.4 Å². The summed E-state index contributed by atoms with van der Waals surface area (Å²) in [6.07, 6.45) is 8.64. The Labute approximate surface area is 140 Å². The van der Waals surface area contributed by atoms with Gasteiger partial charge < -0.3 is 10.4 Å². The summed E-state index contributed by atoms with van der Waals surface area (Å²) in [7, 11) is 0. The zero-order valence-electron chi connectivity index (χ0n) is 13.5. The van der Waals surface area contributed by atoms with Gasteiger partial charge in [0.15, 0.2) is 5.66 Å². The van der Waals surface area contributed by atoms with Gasteiger partial charge in [-0.05, 0) is 19.1 Å². The van der Waals surface area contributed by atoms with E-state index in [1.807, 2.05) is 0 Å². The van der Waals surface area contributed by atoms with Crippen LogP contribution in [0.3, 0.4) is 0 Å². The lowest BCUT2D eigenvalue weighted by atomic mass is 9.94. The smallest absolute Gasteiger partial charge is 0.329 e. The third kappa shape index (κ3) is 4.62. The highest BCUT2D eigenvalue weighted by molar-refractivity contribution is 5.86. The molecule has 7 nitrogen and oxygen atoms in total. The quantitative estimate of drug-likeness (QED) is 0.676. The van der Waals surface area contributed by atoms with Crippen LogP contribution in [0.15, 0.2) is 34.6 Å². The lowest BCUT2D eigenvalue weighted by Gasteiger charge is -2.26. The first-order valence-corrected chi connectivity index (χ1v) is 7.71. The Morgan fingerprint density at radius 1 is 1.38 bits per heavy atom. The molecule has 0 saturated heterocycles. The van der Waals surface area contributed by atoms with E-state index in [-0.39, 0.29) is 18.7 Å². The number of nitrogens with one attached hydrogen (secondary N) is 1. The Kier molecular flexibility index (Phi) is 5.29. The van der Waals surface area contributed by atoms with Crippen molar-refractivity contribution in [3.63, 3.8) is 0 Å². The fourth-order valence-corrected chi connectivity index (χ4v) is 2.39. The van der Waals surface area contributed by atoms with Gasteiger partial charge in [-0.3, -0.25) is 9.78 Å². The molecule has 1 aromatic rings. The highest BCUT2D eigenvalue weighted by Crippen LogP contribution is 2.37. The van der Waals surface area contributed by atoms with E-state index in [1.165, 1.54) is 6.92 Å². The van der Waals surface area contributed by atoms with Crippen LogP contribution in [0.1, 0.15) is 38.3 Å². The van der Waals surface area contributed by atoms with Gasteiger partial charge in [0.1, 0.15) is 5.54 Å². The first-order valence-electron chi connectivity index (χ1n) is 7.71. The molecule has 126 valence electrons. The number of carboxylic acid groups (broad SMARTS) is 1. The van der Waals surface area contributed by atoms with Crippen molar-refractivity contribution in [3.8, 4) is 12.3 Å². The average molecular weight is 328 g/mol. The summed E-state index contributed by atoms with van der Waals surface area (Å²) in [6, 6.07) is 5.25. The maximum atomic E-state index is 12.2. The van der Waals surface area contributed by atoms with Gasteiger partial charge in [-0.15, -0.1) is 12.3 Å². The molecule has 0 bridgehead atoms. The van der Waals surface area contributed by atoms with Gasteiger partial charge in [-0.2, -0.15) is 10.2 Å². The molecule has 7 heteroatoms. The van der Waals surface area contributed by atoms with Crippen LogP contribution in [0.5, 0.6) is 0 Å². The second-order valence-corrected chi connectivity index (χ2v) is 6.07. The maximum Gasteiger partial charge on any atom is 0.329 e. The number of rotatable bonds is 9. The van der Waals surface area contributed by atoms with Crippen LogP contribution >= 0.6 is 0 Å². The number of carbonyl (C=O) groups is 2. The van der Waals surface area contributed by atoms with Crippen molar-refractivity contribution in [3.05, 3.63) is 30.1 Å². The summed E-state index contributed by atoms with van der Waals surface area (Å²) in [6.45, 7) is 1.47. The summed E-state index contributed by atoms with van der Waals surface area (Å²) in [5.41, 5.74) is -1.38. The minimum absolute atomic E-state index is 0.103. The van der Waals surface area contributed by atoms with Gasteiger partial charge in [0.05, 0.1) is 0 Å². The Morgan fingerprint density at radius 3 is 2.67 bits per heavy atom. The van der Waals surface area contributed by atoms with Gasteiger partial charge in [-0.25, -0.2) is 4.79 Å². The summed E-state index contributed by atoms with van der Waals surface area (Å²) < 4.78 is 0. The number of amides is 1. The van der Waals surface area contributed by atoms with Crippen LogP contribution in [0.2, 0.25) is 0 Å². The van der Waals surface area contributed by atoms with Gasteiger partial charge in [0, 0.05) is 44.0 Å². The van der Waals surface area contributed by atoms with E-state index in [2.05, 4.69) is 26.4 Å². The number of nitrogens with zero attached hydrogens (tertiary/aromatic N) is 3. The van der Waals surface area contributed by atoms with E-state index in [0.29, 0.717) is 25.0 Å². The van der Waals surface area contributed by atoms with Gasteiger partial charge in [-0.1, -0.05) is 6.07 Å². The summed E-state index contributed by atoms with van der Waals surface area (Å²) in [5.74, 6) is 1.07. The first-order chi connectivity index (χ1) is 11.4. The molecule has 0 saturated carbocycles. The molecule has 24 heavy (non-hydrogen) atoms. The number of carbonyl (C=O) groups excluding carboxylic acids is 1. The number of aliphatic carboxylic acids is 1. The van der Waals surface area contributed by atoms with Crippen LogP contribution < -0.4 is 5.32 Å². The largest absolute Gasteiger partial charge is 0.480 e. The van der Waals surface area contributed by atoms with Crippen molar-refractivity contribution in [2.75, 3.05) is 0 Å². The molecule has 0 spiro atoms. The lowest BCUT2D eigenvalue weighted by molar-refractivity contribution is -0.146. The van der Waals surface area contributed by atoms with Gasteiger partial charge in [0.2, 0.25) is 5.91 Å². The average Bonchev–Trinajstić information content (AvgIpc) is 3.32. The second-order valence-electron chi connectivity index (χ2n) is 6.07. The van der Waals surface area contributed by atoms with Crippen molar-refractivity contribution in [2.24, 2.45) is 10.2 Å². The third-order valence-corrected chi connectivity index (χ3v) is 3.95. The van der Waals surface area contributed by atoms with Crippen LogP contribution in [0.4, 0.5) is 0 Å². The van der Waals surface area contributed by atoms with Crippen molar-refractivity contribution < 1.29 is 14.7 Å². The predicted octanol–water partition coefficient (Wildman–Crippen LogP) is 1.94. The molecule has 1 atom stereocenters. The summed E-state index contributed by atoms with van der Waals surface area (Å²) in [4.78, 5) is 27.9. The zero-order chi connectivity index (χ0) is 17.6. The van der Waals surface area contributed by atoms with Gasteiger partial charge in [0.25, 0.3) is 0 Å². The molecule has 1 unspecified atom stereocenters. The van der Waals surface area contributed by atoms with Crippen LogP contribution in [0.25, 0.3) is 0 Å². The Morgan fingerprint density at radius 2 is 2.12 bits per heavy atom. The fraction of sp³-hybridized carbons (Fsp3) is 0.471. The highest BCUT2D eigenvalue weighted by atomic mass is 16.4. The van der Waals surface area contributed by atoms with Crippen LogP contribution in [-0.2, 0) is 16.0 Å². The molecule has 0 aromatic carbocycles. The lowest BCUT2D eigenvalue weighted by Crippen LogP contribution is -2.54. The number of hydrogen-bond donors (Lipinski definition) is 2. The summed E-state index contributed by atoms with van der Waals surface area (Å²) >= 11 is 0. The van der Waals surface area contributed by atoms with Crippen LogP contribution in [0, 0.1) is 12.3 Å². The molecule has 1 aliphatic rings. The Balaban J connectivity index is 1.91. The fourth-order valence-electron chi connectivity index (χ4n) is 2.39. The molecule has 2 rings (SSSR count). The molecule has 0 aliphatic carbocycles. The van der Waals surface area contributed by atoms with Crippen LogP contribution in [-0.4, -0.2) is 33.2 Å². The monoisotopic (exact) mass is 328 g/mol. The molecular formula is C17H20N4O3. The van der Waals surface area contributed by atoms with E-state index in [4.69, 9.17) is 6.42 Å². The third-order valence-electron chi connectivity index (χ3n) is 3.95. The van der Waals surface area contributed by atoms with E-state index >= 15 is 0 Å². The van der Waals surface area contributed by atoms with E-state index < -0.39 is 17.2 Å². The van der Waals surface area contributed by atoms with E-state index in [0.717, 1.165) is 0 Å².